The predicted molar refractivity (Wildman–Crippen MR) is 97.6 cm³/mol. The summed E-state index contributed by atoms with van der Waals surface area (Å²) in [5.74, 6) is -1.14. The molecule has 0 saturated heterocycles. The van der Waals surface area contributed by atoms with Crippen LogP contribution in [0.5, 0.6) is 0 Å². The van der Waals surface area contributed by atoms with Gasteiger partial charge in [-0.3, -0.25) is 0 Å². The molecule has 0 fully saturated rings. The highest BCUT2D eigenvalue weighted by atomic mass is 32.2. The monoisotopic (exact) mass is 390 g/mol. The van der Waals surface area contributed by atoms with Crippen molar-refractivity contribution in [2.75, 3.05) is 4.72 Å². The van der Waals surface area contributed by atoms with Crippen LogP contribution in [0.4, 0.5) is 18.9 Å². The lowest BCUT2D eigenvalue weighted by Crippen LogP contribution is -2.08. The molecule has 4 nitrogen and oxygen atoms in total. The third-order valence-corrected chi connectivity index (χ3v) is 4.40. The number of carbonyl (C=O) groups is 1. The molecule has 0 aliphatic heterocycles. The van der Waals surface area contributed by atoms with Crippen LogP contribution in [0.2, 0.25) is 0 Å². The molecule has 2 N–H and O–H groups in total. The van der Waals surface area contributed by atoms with Crippen LogP contribution < -0.4 is 4.72 Å². The maximum absolute atomic E-state index is 12.8. The van der Waals surface area contributed by atoms with E-state index in [1.54, 1.807) is 12.1 Å². The molecule has 0 unspecified atom stereocenters. The third-order valence-electron chi connectivity index (χ3n) is 3.64. The first kappa shape index (κ1) is 18.8. The lowest BCUT2D eigenvalue weighted by atomic mass is 10.0. The second kappa shape index (κ2) is 7.71. The number of carboxylic acids is 1. The number of alkyl halides is 3. The van der Waals surface area contributed by atoms with Crippen molar-refractivity contribution in [3.8, 4) is 11.1 Å². The van der Waals surface area contributed by atoms with Gasteiger partial charge >= 0.3 is 12.1 Å². The molecule has 0 aliphatic rings. The molecule has 1 heterocycles. The summed E-state index contributed by atoms with van der Waals surface area (Å²) in [6, 6.07) is 17.6. The standard InChI is InChI=1S/C19H13F3N2O2S/c20-19(21,22)16-7-4-8-17(23-16)27-24-15-11-13(9-10-14(15)18(25)26)12-5-2-1-3-6-12/h1-11,24H,(H,25,26). The van der Waals surface area contributed by atoms with Gasteiger partial charge in [0.15, 0.2) is 0 Å². The average molecular weight is 390 g/mol. The maximum atomic E-state index is 12.8. The maximum Gasteiger partial charge on any atom is 0.433 e. The first-order valence-corrected chi connectivity index (χ1v) is 8.56. The minimum absolute atomic E-state index is 0.00848. The Balaban J connectivity index is 1.88. The smallest absolute Gasteiger partial charge is 0.433 e. The van der Waals surface area contributed by atoms with Gasteiger partial charge < -0.3 is 9.83 Å². The topological polar surface area (TPSA) is 62.2 Å². The highest BCUT2D eigenvalue weighted by molar-refractivity contribution is 8.00. The number of hydrogen-bond donors (Lipinski definition) is 2. The van der Waals surface area contributed by atoms with Gasteiger partial charge in [0, 0.05) is 11.9 Å². The van der Waals surface area contributed by atoms with E-state index in [4.69, 9.17) is 0 Å². The highest BCUT2D eigenvalue weighted by Gasteiger charge is 2.32. The van der Waals surface area contributed by atoms with E-state index in [0.717, 1.165) is 29.1 Å². The van der Waals surface area contributed by atoms with Gasteiger partial charge in [0.05, 0.1) is 11.3 Å². The number of hydrogen-bond acceptors (Lipinski definition) is 4. The molecule has 0 atom stereocenters. The van der Waals surface area contributed by atoms with Crippen LogP contribution in [0.3, 0.4) is 0 Å². The summed E-state index contributed by atoms with van der Waals surface area (Å²) in [5.41, 5.74) is 0.938. The SMILES string of the molecule is O=C(O)c1ccc(-c2ccccc2)cc1NSc1cccc(C(F)(F)F)n1. The first-order valence-electron chi connectivity index (χ1n) is 7.74. The van der Waals surface area contributed by atoms with E-state index in [-0.39, 0.29) is 16.3 Å². The molecule has 2 aromatic carbocycles. The summed E-state index contributed by atoms with van der Waals surface area (Å²) in [6.07, 6.45) is -4.55. The zero-order chi connectivity index (χ0) is 19.4. The van der Waals surface area contributed by atoms with E-state index < -0.39 is 17.8 Å². The van der Waals surface area contributed by atoms with Crippen LogP contribution in [0.1, 0.15) is 16.1 Å². The molecule has 8 heteroatoms. The Labute approximate surface area is 157 Å². The van der Waals surface area contributed by atoms with Crippen molar-refractivity contribution in [3.63, 3.8) is 0 Å². The Morgan fingerprint density at radius 3 is 2.37 bits per heavy atom. The quantitative estimate of drug-likeness (QED) is 0.557. The third kappa shape index (κ3) is 4.59. The lowest BCUT2D eigenvalue weighted by Gasteiger charge is -2.12. The van der Waals surface area contributed by atoms with Crippen molar-refractivity contribution in [1.82, 2.24) is 4.98 Å². The van der Waals surface area contributed by atoms with Gasteiger partial charge in [-0.05, 0) is 35.4 Å². The number of nitrogens with one attached hydrogen (secondary N) is 1. The molecule has 3 rings (SSSR count). The molecule has 138 valence electrons. The summed E-state index contributed by atoms with van der Waals surface area (Å²) in [5, 5.41) is 9.44. The van der Waals surface area contributed by atoms with Crippen LogP contribution in [-0.4, -0.2) is 16.1 Å². The van der Waals surface area contributed by atoms with E-state index in [1.165, 1.54) is 18.2 Å². The van der Waals surface area contributed by atoms with E-state index in [1.807, 2.05) is 30.3 Å². The molecule has 0 spiro atoms. The van der Waals surface area contributed by atoms with E-state index in [9.17, 15) is 23.1 Å². The van der Waals surface area contributed by atoms with E-state index >= 15 is 0 Å². The number of rotatable bonds is 5. The summed E-state index contributed by atoms with van der Waals surface area (Å²) in [4.78, 5) is 15.0. The number of anilines is 1. The largest absolute Gasteiger partial charge is 0.478 e. The van der Waals surface area contributed by atoms with Gasteiger partial charge in [0.2, 0.25) is 0 Å². The number of aromatic carboxylic acids is 1. The molecule has 3 aromatic rings. The van der Waals surface area contributed by atoms with Crippen molar-refractivity contribution in [2.24, 2.45) is 0 Å². The number of carboxylic acid groups (broad SMARTS) is 1. The summed E-state index contributed by atoms with van der Waals surface area (Å²) in [6.45, 7) is 0. The van der Waals surface area contributed by atoms with E-state index in [2.05, 4.69) is 9.71 Å². The second-order valence-corrected chi connectivity index (χ2v) is 6.32. The van der Waals surface area contributed by atoms with Crippen LogP contribution in [0, 0.1) is 0 Å². The molecule has 0 saturated carbocycles. The zero-order valence-electron chi connectivity index (χ0n) is 13.7. The van der Waals surface area contributed by atoms with Crippen molar-refractivity contribution in [1.29, 1.82) is 0 Å². The van der Waals surface area contributed by atoms with Crippen LogP contribution in [0.15, 0.2) is 71.8 Å². The van der Waals surface area contributed by atoms with Crippen LogP contribution in [0.25, 0.3) is 11.1 Å². The Morgan fingerprint density at radius 1 is 0.963 bits per heavy atom. The summed E-state index contributed by atoms with van der Waals surface area (Å²) in [7, 11) is 0. The molecule has 0 bridgehead atoms. The average Bonchev–Trinajstić information content (AvgIpc) is 2.66. The van der Waals surface area contributed by atoms with Crippen molar-refractivity contribution < 1.29 is 23.1 Å². The number of benzene rings is 2. The first-order chi connectivity index (χ1) is 12.8. The molecule has 0 aliphatic carbocycles. The Kier molecular flexibility index (Phi) is 5.36. The molecule has 1 aromatic heterocycles. The van der Waals surface area contributed by atoms with Crippen molar-refractivity contribution in [2.45, 2.75) is 11.2 Å². The van der Waals surface area contributed by atoms with E-state index in [0.29, 0.717) is 0 Å². The highest BCUT2D eigenvalue weighted by Crippen LogP contribution is 2.31. The van der Waals surface area contributed by atoms with Crippen molar-refractivity contribution in [3.05, 3.63) is 78.0 Å². The fourth-order valence-corrected chi connectivity index (χ4v) is 3.04. The molecular weight excluding hydrogens is 377 g/mol. The predicted octanol–water partition coefficient (Wildman–Crippen LogP) is 5.58. The van der Waals surface area contributed by atoms with Gasteiger partial charge in [-0.1, -0.05) is 42.5 Å². The zero-order valence-corrected chi connectivity index (χ0v) is 14.5. The van der Waals surface area contributed by atoms with Crippen LogP contribution >= 0.6 is 11.9 Å². The summed E-state index contributed by atoms with van der Waals surface area (Å²) < 4.78 is 41.1. The van der Waals surface area contributed by atoms with Crippen LogP contribution in [-0.2, 0) is 6.18 Å². The number of aromatic nitrogens is 1. The second-order valence-electron chi connectivity index (χ2n) is 5.49. The number of halogens is 3. The lowest BCUT2D eigenvalue weighted by molar-refractivity contribution is -0.141. The Bertz CT molecular complexity index is 963. The fraction of sp³-hybridized carbons (Fsp3) is 0.0526. The molecular formula is C19H13F3N2O2S. The number of pyridine rings is 1. The Morgan fingerprint density at radius 2 is 1.70 bits per heavy atom. The fourth-order valence-electron chi connectivity index (χ4n) is 2.36. The van der Waals surface area contributed by atoms with Gasteiger partial charge in [0.1, 0.15) is 10.7 Å². The normalized spacial score (nSPS) is 11.2. The van der Waals surface area contributed by atoms with Gasteiger partial charge in [0.25, 0.3) is 0 Å². The minimum Gasteiger partial charge on any atom is -0.478 e. The molecule has 27 heavy (non-hydrogen) atoms. The minimum atomic E-state index is -4.55. The summed E-state index contributed by atoms with van der Waals surface area (Å²) >= 11 is 0.815. The van der Waals surface area contributed by atoms with Crippen molar-refractivity contribution >= 4 is 23.6 Å². The molecule has 0 amide bonds. The Hall–Kier alpha value is -3.00. The number of nitrogens with zero attached hydrogens (tertiary/aromatic N) is 1. The molecule has 0 radical (unpaired) electrons. The van der Waals surface area contributed by atoms with Gasteiger partial charge in [-0.25, -0.2) is 9.78 Å². The van der Waals surface area contributed by atoms with Gasteiger partial charge in [-0.2, -0.15) is 13.2 Å². The van der Waals surface area contributed by atoms with Gasteiger partial charge in [-0.15, -0.1) is 0 Å².